The van der Waals surface area contributed by atoms with Crippen molar-refractivity contribution in [1.82, 2.24) is 14.9 Å². The zero-order chi connectivity index (χ0) is 24.0. The standard InChI is InChI=1S/C28H28N4O2S/c1-31(19-21-10-4-2-5-11-21)27(33)25-15-14-23(34-25)20-35-28-29-24(22-12-6-3-7-13-22)18-26(30-28)32-16-8-9-17-32/h2-7,10-15,18H,8-9,16-17,19-20H2,1H3. The van der Waals surface area contributed by atoms with Crippen LogP contribution in [-0.2, 0) is 12.3 Å². The van der Waals surface area contributed by atoms with Crippen LogP contribution in [0.4, 0.5) is 5.82 Å². The monoisotopic (exact) mass is 484 g/mol. The number of carbonyl (C=O) groups is 1. The van der Waals surface area contributed by atoms with E-state index in [-0.39, 0.29) is 5.91 Å². The molecule has 0 spiro atoms. The van der Waals surface area contributed by atoms with Crippen molar-refractivity contribution in [3.63, 3.8) is 0 Å². The largest absolute Gasteiger partial charge is 0.455 e. The van der Waals surface area contributed by atoms with Gasteiger partial charge in [-0.25, -0.2) is 9.97 Å². The average Bonchev–Trinajstić information content (AvgIpc) is 3.61. The van der Waals surface area contributed by atoms with Crippen molar-refractivity contribution in [2.75, 3.05) is 25.0 Å². The van der Waals surface area contributed by atoms with Crippen LogP contribution in [-0.4, -0.2) is 40.9 Å². The minimum Gasteiger partial charge on any atom is -0.455 e. The van der Waals surface area contributed by atoms with E-state index in [9.17, 15) is 4.79 Å². The van der Waals surface area contributed by atoms with Crippen molar-refractivity contribution in [2.24, 2.45) is 0 Å². The molecule has 7 heteroatoms. The molecule has 1 fully saturated rings. The first-order valence-electron chi connectivity index (χ1n) is 11.9. The molecule has 3 heterocycles. The summed E-state index contributed by atoms with van der Waals surface area (Å²) in [4.78, 5) is 26.5. The first-order valence-corrected chi connectivity index (χ1v) is 12.8. The minimum absolute atomic E-state index is 0.135. The predicted octanol–water partition coefficient (Wildman–Crippen LogP) is 5.90. The predicted molar refractivity (Wildman–Crippen MR) is 139 cm³/mol. The van der Waals surface area contributed by atoms with Gasteiger partial charge in [0.2, 0.25) is 0 Å². The van der Waals surface area contributed by atoms with Crippen LogP contribution in [0.1, 0.15) is 34.7 Å². The zero-order valence-electron chi connectivity index (χ0n) is 19.8. The van der Waals surface area contributed by atoms with Crippen LogP contribution in [0.5, 0.6) is 0 Å². The molecular weight excluding hydrogens is 456 g/mol. The quantitative estimate of drug-likeness (QED) is 0.229. The number of nitrogens with zero attached hydrogens (tertiary/aromatic N) is 4. The van der Waals surface area contributed by atoms with E-state index in [0.29, 0.717) is 23.2 Å². The summed E-state index contributed by atoms with van der Waals surface area (Å²) in [6.45, 7) is 2.58. The Bertz CT molecular complexity index is 1270. The fraction of sp³-hybridized carbons (Fsp3) is 0.250. The molecule has 178 valence electrons. The fourth-order valence-electron chi connectivity index (χ4n) is 4.17. The summed E-state index contributed by atoms with van der Waals surface area (Å²) >= 11 is 1.52. The van der Waals surface area contributed by atoms with E-state index in [1.54, 1.807) is 18.0 Å². The number of aromatic nitrogens is 2. The summed E-state index contributed by atoms with van der Waals surface area (Å²) in [5, 5.41) is 0.707. The molecule has 35 heavy (non-hydrogen) atoms. The number of carbonyl (C=O) groups excluding carboxylic acids is 1. The van der Waals surface area contributed by atoms with Crippen molar-refractivity contribution in [3.05, 3.63) is 95.9 Å². The molecule has 1 aliphatic heterocycles. The molecule has 0 aliphatic carbocycles. The Balaban J connectivity index is 1.29. The zero-order valence-corrected chi connectivity index (χ0v) is 20.6. The van der Waals surface area contributed by atoms with Crippen molar-refractivity contribution in [1.29, 1.82) is 0 Å². The van der Waals surface area contributed by atoms with Gasteiger partial charge in [-0.2, -0.15) is 0 Å². The third-order valence-corrected chi connectivity index (χ3v) is 6.89. The molecule has 4 aromatic rings. The number of benzene rings is 2. The van der Waals surface area contributed by atoms with Gasteiger partial charge in [-0.1, -0.05) is 72.4 Å². The number of hydrogen-bond acceptors (Lipinski definition) is 6. The second kappa shape index (κ2) is 10.8. The number of amides is 1. The van der Waals surface area contributed by atoms with E-state index in [1.165, 1.54) is 24.6 Å². The van der Waals surface area contributed by atoms with Gasteiger partial charge in [0.1, 0.15) is 11.6 Å². The maximum absolute atomic E-state index is 12.8. The molecule has 0 radical (unpaired) electrons. The number of furan rings is 1. The smallest absolute Gasteiger partial charge is 0.289 e. The van der Waals surface area contributed by atoms with Crippen LogP contribution in [0.3, 0.4) is 0 Å². The molecule has 0 unspecified atom stereocenters. The molecular formula is C28H28N4O2S. The van der Waals surface area contributed by atoms with Gasteiger partial charge in [0.15, 0.2) is 10.9 Å². The summed E-state index contributed by atoms with van der Waals surface area (Å²) in [6.07, 6.45) is 2.38. The van der Waals surface area contributed by atoms with Crippen molar-refractivity contribution < 1.29 is 9.21 Å². The molecule has 0 bridgehead atoms. The van der Waals surface area contributed by atoms with Crippen LogP contribution in [0.2, 0.25) is 0 Å². The highest BCUT2D eigenvalue weighted by atomic mass is 32.2. The Kier molecular flexibility index (Phi) is 7.14. The number of hydrogen-bond donors (Lipinski definition) is 0. The average molecular weight is 485 g/mol. The summed E-state index contributed by atoms with van der Waals surface area (Å²) in [5.74, 6) is 2.45. The lowest BCUT2D eigenvalue weighted by Crippen LogP contribution is -2.25. The maximum atomic E-state index is 12.8. The van der Waals surface area contributed by atoms with Crippen LogP contribution in [0.15, 0.2) is 88.4 Å². The van der Waals surface area contributed by atoms with Crippen LogP contribution < -0.4 is 4.90 Å². The maximum Gasteiger partial charge on any atom is 0.289 e. The Morgan fingerprint density at radius 3 is 2.43 bits per heavy atom. The van der Waals surface area contributed by atoms with E-state index < -0.39 is 0 Å². The fourth-order valence-corrected chi connectivity index (χ4v) is 4.91. The van der Waals surface area contributed by atoms with Crippen LogP contribution in [0, 0.1) is 0 Å². The molecule has 1 amide bonds. The second-order valence-electron chi connectivity index (χ2n) is 8.66. The van der Waals surface area contributed by atoms with E-state index in [2.05, 4.69) is 23.1 Å². The van der Waals surface area contributed by atoms with Crippen LogP contribution >= 0.6 is 11.8 Å². The van der Waals surface area contributed by atoms with Gasteiger partial charge < -0.3 is 14.2 Å². The third kappa shape index (κ3) is 5.74. The minimum atomic E-state index is -0.135. The second-order valence-corrected chi connectivity index (χ2v) is 9.60. The Labute approximate surface area is 210 Å². The van der Waals surface area contributed by atoms with Gasteiger partial charge in [0.05, 0.1) is 11.4 Å². The Morgan fingerprint density at radius 2 is 1.69 bits per heavy atom. The van der Waals surface area contributed by atoms with Crippen molar-refractivity contribution in [3.8, 4) is 11.3 Å². The number of rotatable bonds is 8. The summed E-state index contributed by atoms with van der Waals surface area (Å²) in [6, 6.07) is 25.8. The summed E-state index contributed by atoms with van der Waals surface area (Å²) < 4.78 is 5.89. The van der Waals surface area contributed by atoms with Crippen LogP contribution in [0.25, 0.3) is 11.3 Å². The summed E-state index contributed by atoms with van der Waals surface area (Å²) in [5.41, 5.74) is 3.07. The molecule has 0 saturated carbocycles. The molecule has 2 aromatic carbocycles. The lowest BCUT2D eigenvalue weighted by Gasteiger charge is -2.18. The first-order chi connectivity index (χ1) is 17.2. The number of thioether (sulfide) groups is 1. The lowest BCUT2D eigenvalue weighted by molar-refractivity contribution is 0.0752. The molecule has 5 rings (SSSR count). The topological polar surface area (TPSA) is 62.5 Å². The third-order valence-electron chi connectivity index (χ3n) is 6.02. The SMILES string of the molecule is CN(Cc1ccccc1)C(=O)c1ccc(CSc2nc(-c3ccccc3)cc(N3CCCC3)n2)o1. The Morgan fingerprint density at radius 1 is 0.971 bits per heavy atom. The van der Waals surface area contributed by atoms with Gasteiger partial charge in [-0.15, -0.1) is 0 Å². The Hall–Kier alpha value is -3.58. The molecule has 0 atom stereocenters. The van der Waals surface area contributed by atoms with E-state index in [0.717, 1.165) is 41.5 Å². The van der Waals surface area contributed by atoms with Gasteiger partial charge >= 0.3 is 0 Å². The van der Waals surface area contributed by atoms with Gasteiger partial charge in [0, 0.05) is 38.3 Å². The van der Waals surface area contributed by atoms with E-state index >= 15 is 0 Å². The van der Waals surface area contributed by atoms with Gasteiger partial charge in [0.25, 0.3) is 5.91 Å². The highest BCUT2D eigenvalue weighted by molar-refractivity contribution is 7.98. The molecule has 0 N–H and O–H groups in total. The number of anilines is 1. The van der Waals surface area contributed by atoms with Crippen molar-refractivity contribution >= 4 is 23.5 Å². The van der Waals surface area contributed by atoms with Crippen molar-refractivity contribution in [2.45, 2.75) is 30.3 Å². The summed E-state index contributed by atoms with van der Waals surface area (Å²) in [7, 11) is 1.79. The molecule has 1 aliphatic rings. The van der Waals surface area contributed by atoms with E-state index in [4.69, 9.17) is 14.4 Å². The lowest BCUT2D eigenvalue weighted by atomic mass is 10.1. The molecule has 6 nitrogen and oxygen atoms in total. The van der Waals surface area contributed by atoms with Gasteiger partial charge in [-0.05, 0) is 30.5 Å². The van der Waals surface area contributed by atoms with E-state index in [1.807, 2.05) is 54.6 Å². The first kappa shape index (κ1) is 23.2. The van der Waals surface area contributed by atoms with Gasteiger partial charge in [-0.3, -0.25) is 4.79 Å². The normalized spacial score (nSPS) is 13.2. The highest BCUT2D eigenvalue weighted by Crippen LogP contribution is 2.29. The highest BCUT2D eigenvalue weighted by Gasteiger charge is 2.19. The molecule has 1 saturated heterocycles. The molecule has 2 aromatic heterocycles.